The van der Waals surface area contributed by atoms with Crippen molar-refractivity contribution in [3.63, 3.8) is 0 Å². The fourth-order valence-electron chi connectivity index (χ4n) is 3.49. The molecule has 1 saturated carbocycles. The topological polar surface area (TPSA) is 55.6 Å². The number of hydrogen-bond donors (Lipinski definition) is 0. The van der Waals surface area contributed by atoms with Gasteiger partial charge in [-0.05, 0) is 31.4 Å². The van der Waals surface area contributed by atoms with E-state index in [9.17, 15) is 9.18 Å². The Morgan fingerprint density at radius 2 is 2.17 bits per heavy atom. The molecule has 6 heteroatoms. The lowest BCUT2D eigenvalue weighted by Crippen LogP contribution is -2.51. The first-order valence-corrected chi connectivity index (χ1v) is 7.88. The highest BCUT2D eigenvalue weighted by molar-refractivity contribution is 5.93. The van der Waals surface area contributed by atoms with Gasteiger partial charge in [0.05, 0.1) is 24.3 Å². The molecule has 4 rings (SSSR count). The minimum atomic E-state index is -0.398. The van der Waals surface area contributed by atoms with E-state index in [1.165, 1.54) is 12.1 Å². The predicted molar refractivity (Wildman–Crippen MR) is 80.3 cm³/mol. The van der Waals surface area contributed by atoms with Crippen molar-refractivity contribution >= 4 is 5.91 Å². The van der Waals surface area contributed by atoms with E-state index in [2.05, 4.69) is 5.16 Å². The summed E-state index contributed by atoms with van der Waals surface area (Å²) >= 11 is 0. The lowest BCUT2D eigenvalue weighted by molar-refractivity contribution is -0.0448. The van der Waals surface area contributed by atoms with Crippen LogP contribution in [-0.4, -0.2) is 41.3 Å². The molecule has 1 aliphatic carbocycles. The first-order chi connectivity index (χ1) is 11.2. The molecule has 1 aliphatic heterocycles. The lowest BCUT2D eigenvalue weighted by atomic mass is 10.1. The number of halogens is 1. The molecule has 0 N–H and O–H groups in total. The minimum Gasteiger partial charge on any atom is -0.374 e. The Balaban J connectivity index is 1.59. The Hall–Kier alpha value is -2.21. The van der Waals surface area contributed by atoms with Gasteiger partial charge in [0.2, 0.25) is 0 Å². The molecule has 23 heavy (non-hydrogen) atoms. The van der Waals surface area contributed by atoms with E-state index in [0.717, 1.165) is 19.3 Å². The summed E-state index contributed by atoms with van der Waals surface area (Å²) in [6, 6.07) is 7.91. The number of carbonyl (C=O) groups excluding carboxylic acids is 1. The van der Waals surface area contributed by atoms with Gasteiger partial charge in [-0.2, -0.15) is 0 Å². The zero-order chi connectivity index (χ0) is 15.8. The molecule has 0 unspecified atom stereocenters. The van der Waals surface area contributed by atoms with Crippen LogP contribution in [0.4, 0.5) is 4.39 Å². The standard InChI is InChI=1S/C17H17FN2O3/c18-12-5-2-1-4-11(12)16-10-13(19-23-16)17(21)20-8-9-22-15-7-3-6-14(15)20/h1-2,4-5,10,14-15H,3,6-9H2/t14-,15+/m0/s1. The van der Waals surface area contributed by atoms with E-state index in [4.69, 9.17) is 9.26 Å². The van der Waals surface area contributed by atoms with Gasteiger partial charge in [0.1, 0.15) is 5.82 Å². The van der Waals surface area contributed by atoms with Crippen LogP contribution in [0.2, 0.25) is 0 Å². The summed E-state index contributed by atoms with van der Waals surface area (Å²) < 4.78 is 24.7. The molecular weight excluding hydrogens is 299 g/mol. The molecule has 0 bridgehead atoms. The Kier molecular flexibility index (Phi) is 3.61. The zero-order valence-corrected chi connectivity index (χ0v) is 12.6. The van der Waals surface area contributed by atoms with Crippen molar-refractivity contribution in [2.75, 3.05) is 13.2 Å². The molecule has 1 aromatic heterocycles. The summed E-state index contributed by atoms with van der Waals surface area (Å²) in [5, 5.41) is 3.85. The smallest absolute Gasteiger partial charge is 0.276 e. The van der Waals surface area contributed by atoms with E-state index in [0.29, 0.717) is 18.7 Å². The van der Waals surface area contributed by atoms with E-state index in [1.54, 1.807) is 18.2 Å². The van der Waals surface area contributed by atoms with Gasteiger partial charge in [0.15, 0.2) is 11.5 Å². The number of fused-ring (bicyclic) bond motifs is 1. The largest absolute Gasteiger partial charge is 0.374 e. The van der Waals surface area contributed by atoms with E-state index in [1.807, 2.05) is 4.90 Å². The number of rotatable bonds is 2. The van der Waals surface area contributed by atoms with Gasteiger partial charge in [0.25, 0.3) is 5.91 Å². The molecule has 2 heterocycles. The second kappa shape index (κ2) is 5.77. The second-order valence-corrected chi connectivity index (χ2v) is 5.96. The van der Waals surface area contributed by atoms with Gasteiger partial charge in [-0.15, -0.1) is 0 Å². The van der Waals surface area contributed by atoms with Crippen LogP contribution in [0.1, 0.15) is 29.8 Å². The minimum absolute atomic E-state index is 0.116. The van der Waals surface area contributed by atoms with Crippen LogP contribution in [0.5, 0.6) is 0 Å². The van der Waals surface area contributed by atoms with Gasteiger partial charge in [-0.3, -0.25) is 4.79 Å². The summed E-state index contributed by atoms with van der Waals surface area (Å²) in [6.07, 6.45) is 3.14. The van der Waals surface area contributed by atoms with Crippen LogP contribution < -0.4 is 0 Å². The summed E-state index contributed by atoms with van der Waals surface area (Å²) in [5.41, 5.74) is 0.524. The molecule has 1 amide bonds. The zero-order valence-electron chi connectivity index (χ0n) is 12.6. The molecular formula is C17H17FN2O3. The summed E-state index contributed by atoms with van der Waals surface area (Å²) in [5.74, 6) is -0.302. The molecule has 5 nitrogen and oxygen atoms in total. The first-order valence-electron chi connectivity index (χ1n) is 7.88. The Bertz CT molecular complexity index is 730. The number of hydrogen-bond acceptors (Lipinski definition) is 4. The molecule has 0 spiro atoms. The summed E-state index contributed by atoms with van der Waals surface area (Å²) in [7, 11) is 0. The SMILES string of the molecule is O=C(c1cc(-c2ccccc2F)on1)N1CCO[C@@H]2CCC[C@@H]21. The maximum atomic E-state index is 13.8. The average molecular weight is 316 g/mol. The highest BCUT2D eigenvalue weighted by Crippen LogP contribution is 2.31. The number of benzene rings is 1. The third-order valence-electron chi connectivity index (χ3n) is 4.61. The average Bonchev–Trinajstić information content (AvgIpc) is 3.23. The Morgan fingerprint density at radius 1 is 1.30 bits per heavy atom. The number of aromatic nitrogens is 1. The molecule has 1 aromatic carbocycles. The van der Waals surface area contributed by atoms with E-state index >= 15 is 0 Å². The number of carbonyl (C=O) groups is 1. The van der Waals surface area contributed by atoms with Crippen LogP contribution in [0.15, 0.2) is 34.9 Å². The maximum absolute atomic E-state index is 13.8. The van der Waals surface area contributed by atoms with E-state index < -0.39 is 5.82 Å². The molecule has 0 radical (unpaired) electrons. The van der Waals surface area contributed by atoms with Crippen molar-refractivity contribution in [2.24, 2.45) is 0 Å². The van der Waals surface area contributed by atoms with Crippen molar-refractivity contribution < 1.29 is 18.4 Å². The summed E-state index contributed by atoms with van der Waals surface area (Å²) in [6.45, 7) is 1.10. The fourth-order valence-corrected chi connectivity index (χ4v) is 3.49. The normalized spacial score (nSPS) is 23.8. The van der Waals surface area contributed by atoms with Crippen LogP contribution in [0, 0.1) is 5.82 Å². The number of nitrogens with zero attached hydrogens (tertiary/aromatic N) is 2. The highest BCUT2D eigenvalue weighted by Gasteiger charge is 2.39. The van der Waals surface area contributed by atoms with Crippen molar-refractivity contribution in [3.05, 3.63) is 41.8 Å². The Morgan fingerprint density at radius 3 is 3.04 bits per heavy atom. The van der Waals surface area contributed by atoms with Crippen LogP contribution in [0.25, 0.3) is 11.3 Å². The Labute approximate surface area is 133 Å². The molecule has 2 aromatic rings. The fraction of sp³-hybridized carbons (Fsp3) is 0.412. The molecule has 1 saturated heterocycles. The van der Waals surface area contributed by atoms with Crippen LogP contribution in [0.3, 0.4) is 0 Å². The number of amides is 1. The van der Waals surface area contributed by atoms with Crippen molar-refractivity contribution in [3.8, 4) is 11.3 Å². The maximum Gasteiger partial charge on any atom is 0.276 e. The molecule has 120 valence electrons. The van der Waals surface area contributed by atoms with Gasteiger partial charge >= 0.3 is 0 Å². The number of morpholine rings is 1. The van der Waals surface area contributed by atoms with Crippen molar-refractivity contribution in [1.82, 2.24) is 10.1 Å². The monoisotopic (exact) mass is 316 g/mol. The molecule has 2 fully saturated rings. The quantitative estimate of drug-likeness (QED) is 0.855. The second-order valence-electron chi connectivity index (χ2n) is 5.96. The van der Waals surface area contributed by atoms with Crippen LogP contribution in [-0.2, 0) is 4.74 Å². The highest BCUT2D eigenvalue weighted by atomic mass is 19.1. The third-order valence-corrected chi connectivity index (χ3v) is 4.61. The third kappa shape index (κ3) is 2.53. The lowest BCUT2D eigenvalue weighted by Gasteiger charge is -2.37. The molecule has 2 aliphatic rings. The van der Waals surface area contributed by atoms with Gasteiger partial charge in [0, 0.05) is 12.6 Å². The summed E-state index contributed by atoms with van der Waals surface area (Å²) in [4.78, 5) is 14.5. The predicted octanol–water partition coefficient (Wildman–Crippen LogP) is 2.87. The van der Waals surface area contributed by atoms with Gasteiger partial charge < -0.3 is 14.2 Å². The van der Waals surface area contributed by atoms with Crippen molar-refractivity contribution in [1.29, 1.82) is 0 Å². The van der Waals surface area contributed by atoms with Crippen LogP contribution >= 0.6 is 0 Å². The van der Waals surface area contributed by atoms with Gasteiger partial charge in [-0.1, -0.05) is 17.3 Å². The number of ether oxygens (including phenoxy) is 1. The van der Waals surface area contributed by atoms with E-state index in [-0.39, 0.29) is 29.5 Å². The first kappa shape index (κ1) is 14.4. The van der Waals surface area contributed by atoms with Crippen molar-refractivity contribution in [2.45, 2.75) is 31.4 Å². The van der Waals surface area contributed by atoms with Gasteiger partial charge in [-0.25, -0.2) is 4.39 Å². The molecule has 2 atom stereocenters.